The molecule has 1 N–H and O–H groups in total. The highest BCUT2D eigenvalue weighted by molar-refractivity contribution is 5.51. The van der Waals surface area contributed by atoms with Gasteiger partial charge in [-0.3, -0.25) is 9.25 Å². The Kier molecular flexibility index (Phi) is 2.97. The van der Waals surface area contributed by atoms with Crippen molar-refractivity contribution >= 4 is 5.69 Å². The third-order valence-electron chi connectivity index (χ3n) is 2.82. The first kappa shape index (κ1) is 11.5. The molecule has 6 heteroatoms. The van der Waals surface area contributed by atoms with Crippen molar-refractivity contribution in [1.82, 2.24) is 24.5 Å². The van der Waals surface area contributed by atoms with Crippen LogP contribution in [0, 0.1) is 0 Å². The van der Waals surface area contributed by atoms with E-state index in [1.165, 1.54) is 0 Å². The number of anilines is 1. The van der Waals surface area contributed by atoms with Crippen LogP contribution in [0.25, 0.3) is 5.69 Å². The van der Waals surface area contributed by atoms with Crippen LogP contribution in [0.15, 0.2) is 49.3 Å². The van der Waals surface area contributed by atoms with Gasteiger partial charge in [0.2, 0.25) is 0 Å². The zero-order valence-corrected chi connectivity index (χ0v) is 10.6. The second kappa shape index (κ2) is 4.93. The zero-order chi connectivity index (χ0) is 13.1. The third kappa shape index (κ3) is 2.62. The third-order valence-corrected chi connectivity index (χ3v) is 2.82. The monoisotopic (exact) mass is 254 g/mol. The first-order valence-corrected chi connectivity index (χ1v) is 5.98. The molecule has 3 aromatic rings. The van der Waals surface area contributed by atoms with Gasteiger partial charge in [-0.15, -0.1) is 10.2 Å². The molecule has 0 spiro atoms. The van der Waals surface area contributed by atoms with E-state index in [2.05, 4.69) is 26.7 Å². The van der Waals surface area contributed by atoms with Gasteiger partial charge in [0.25, 0.3) is 0 Å². The fourth-order valence-corrected chi connectivity index (χ4v) is 1.88. The number of aryl methyl sites for hydroxylation is 1. The van der Waals surface area contributed by atoms with E-state index in [-0.39, 0.29) is 0 Å². The van der Waals surface area contributed by atoms with E-state index in [0.29, 0.717) is 0 Å². The van der Waals surface area contributed by atoms with E-state index in [1.54, 1.807) is 17.3 Å². The summed E-state index contributed by atoms with van der Waals surface area (Å²) in [6, 6.07) is 8.10. The van der Waals surface area contributed by atoms with E-state index in [0.717, 1.165) is 23.5 Å². The molecule has 0 fully saturated rings. The number of nitrogens with one attached hydrogen (secondary N) is 1. The van der Waals surface area contributed by atoms with E-state index < -0.39 is 0 Å². The van der Waals surface area contributed by atoms with Crippen molar-refractivity contribution < 1.29 is 0 Å². The molecule has 0 saturated carbocycles. The summed E-state index contributed by atoms with van der Waals surface area (Å²) in [6.07, 6.45) is 7.22. The maximum absolute atomic E-state index is 4.14. The summed E-state index contributed by atoms with van der Waals surface area (Å²) in [5.74, 6) is 0. The van der Waals surface area contributed by atoms with Gasteiger partial charge in [-0.2, -0.15) is 5.10 Å². The summed E-state index contributed by atoms with van der Waals surface area (Å²) in [5, 5.41) is 15.1. The minimum absolute atomic E-state index is 0.749. The van der Waals surface area contributed by atoms with E-state index in [4.69, 9.17) is 0 Å². The molecule has 0 aliphatic heterocycles. The molecule has 96 valence electrons. The Morgan fingerprint density at radius 3 is 2.79 bits per heavy atom. The molecule has 19 heavy (non-hydrogen) atoms. The molecular formula is C13H14N6. The number of benzene rings is 1. The Bertz CT molecular complexity index is 655. The quantitative estimate of drug-likeness (QED) is 0.768. The molecule has 0 amide bonds. The van der Waals surface area contributed by atoms with Crippen LogP contribution in [0.1, 0.15) is 5.56 Å². The van der Waals surface area contributed by atoms with Gasteiger partial charge in [0.05, 0.1) is 11.9 Å². The van der Waals surface area contributed by atoms with Crippen LogP contribution in [0.2, 0.25) is 0 Å². The summed E-state index contributed by atoms with van der Waals surface area (Å²) >= 11 is 0. The van der Waals surface area contributed by atoms with Crippen molar-refractivity contribution in [1.29, 1.82) is 0 Å². The highest BCUT2D eigenvalue weighted by atomic mass is 15.2. The Hall–Kier alpha value is -2.63. The molecule has 0 bridgehead atoms. The van der Waals surface area contributed by atoms with Crippen LogP contribution in [0.3, 0.4) is 0 Å². The fourth-order valence-electron chi connectivity index (χ4n) is 1.88. The molecule has 0 unspecified atom stereocenters. The van der Waals surface area contributed by atoms with E-state index in [1.807, 2.05) is 42.2 Å². The summed E-state index contributed by atoms with van der Waals surface area (Å²) in [5.41, 5.74) is 3.23. The van der Waals surface area contributed by atoms with Gasteiger partial charge in [-0.05, 0) is 18.2 Å². The van der Waals surface area contributed by atoms with Gasteiger partial charge >= 0.3 is 0 Å². The molecule has 3 rings (SSSR count). The highest BCUT2D eigenvalue weighted by Crippen LogP contribution is 2.14. The fraction of sp³-hybridized carbons (Fsp3) is 0.154. The maximum atomic E-state index is 4.14. The van der Waals surface area contributed by atoms with E-state index >= 15 is 0 Å². The van der Waals surface area contributed by atoms with Crippen LogP contribution in [0.5, 0.6) is 0 Å². The Morgan fingerprint density at radius 2 is 2.05 bits per heavy atom. The number of rotatable bonds is 4. The molecule has 0 saturated heterocycles. The normalized spacial score (nSPS) is 10.6. The topological polar surface area (TPSA) is 60.6 Å². The van der Waals surface area contributed by atoms with Gasteiger partial charge in [0.1, 0.15) is 12.7 Å². The number of aromatic nitrogens is 5. The SMILES string of the molecule is Cn1cc(CNc2cccc(-n3cnnc3)c2)cn1. The summed E-state index contributed by atoms with van der Waals surface area (Å²) in [7, 11) is 1.91. The van der Waals surface area contributed by atoms with Gasteiger partial charge in [-0.1, -0.05) is 6.07 Å². The van der Waals surface area contributed by atoms with Crippen LogP contribution >= 0.6 is 0 Å². The lowest BCUT2D eigenvalue weighted by molar-refractivity contribution is 0.767. The maximum Gasteiger partial charge on any atom is 0.123 e. The summed E-state index contributed by atoms with van der Waals surface area (Å²) in [4.78, 5) is 0. The van der Waals surface area contributed by atoms with Crippen molar-refractivity contribution in [3.63, 3.8) is 0 Å². The molecule has 6 nitrogen and oxygen atoms in total. The minimum Gasteiger partial charge on any atom is -0.381 e. The molecule has 2 heterocycles. The molecular weight excluding hydrogens is 240 g/mol. The molecule has 0 radical (unpaired) electrons. The first-order valence-electron chi connectivity index (χ1n) is 5.98. The van der Waals surface area contributed by atoms with Gasteiger partial charge in [0.15, 0.2) is 0 Å². The lowest BCUT2D eigenvalue weighted by Gasteiger charge is -2.07. The lowest BCUT2D eigenvalue weighted by atomic mass is 10.2. The molecule has 2 aromatic heterocycles. The van der Waals surface area contributed by atoms with Crippen molar-refractivity contribution in [3.8, 4) is 5.69 Å². The van der Waals surface area contributed by atoms with Crippen LogP contribution < -0.4 is 5.32 Å². The predicted octanol–water partition coefficient (Wildman–Crippen LogP) is 1.61. The predicted molar refractivity (Wildman–Crippen MR) is 71.9 cm³/mol. The van der Waals surface area contributed by atoms with Crippen LogP contribution in [0.4, 0.5) is 5.69 Å². The second-order valence-corrected chi connectivity index (χ2v) is 4.30. The molecule has 1 aromatic carbocycles. The van der Waals surface area contributed by atoms with Gasteiger partial charge in [0, 0.05) is 31.0 Å². The van der Waals surface area contributed by atoms with Crippen LogP contribution in [-0.2, 0) is 13.6 Å². The largest absolute Gasteiger partial charge is 0.381 e. The summed E-state index contributed by atoms with van der Waals surface area (Å²) in [6.45, 7) is 0.749. The minimum atomic E-state index is 0.749. The van der Waals surface area contributed by atoms with Crippen LogP contribution in [-0.4, -0.2) is 24.5 Å². The average Bonchev–Trinajstić information content (AvgIpc) is 3.08. The summed E-state index contributed by atoms with van der Waals surface area (Å²) < 4.78 is 3.67. The van der Waals surface area contributed by atoms with Crippen molar-refractivity contribution in [2.75, 3.05) is 5.32 Å². The second-order valence-electron chi connectivity index (χ2n) is 4.30. The first-order chi connectivity index (χ1) is 9.31. The Balaban J connectivity index is 1.73. The van der Waals surface area contributed by atoms with E-state index in [9.17, 15) is 0 Å². The average molecular weight is 254 g/mol. The molecule has 0 aliphatic rings. The van der Waals surface area contributed by atoms with Crippen molar-refractivity contribution in [2.45, 2.75) is 6.54 Å². The Morgan fingerprint density at radius 1 is 1.21 bits per heavy atom. The number of hydrogen-bond donors (Lipinski definition) is 1. The zero-order valence-electron chi connectivity index (χ0n) is 10.6. The highest BCUT2D eigenvalue weighted by Gasteiger charge is 1.99. The Labute approximate surface area is 110 Å². The smallest absolute Gasteiger partial charge is 0.123 e. The lowest BCUT2D eigenvalue weighted by Crippen LogP contribution is -1.99. The number of nitrogens with zero attached hydrogens (tertiary/aromatic N) is 5. The molecule has 0 aliphatic carbocycles. The van der Waals surface area contributed by atoms with Crippen molar-refractivity contribution in [2.24, 2.45) is 7.05 Å². The number of hydrogen-bond acceptors (Lipinski definition) is 4. The standard InChI is InChI=1S/C13H14N6/c1-18-8-11(7-17-18)6-14-12-3-2-4-13(5-12)19-9-15-16-10-19/h2-5,7-10,14H,6H2,1H3. The molecule has 0 atom stereocenters. The van der Waals surface area contributed by atoms with Crippen molar-refractivity contribution in [3.05, 3.63) is 54.9 Å². The van der Waals surface area contributed by atoms with Gasteiger partial charge in [-0.25, -0.2) is 0 Å². The van der Waals surface area contributed by atoms with Gasteiger partial charge < -0.3 is 5.32 Å².